The number of thioether (sulfide) groups is 1. The molecule has 2 aromatic carbocycles. The Balaban J connectivity index is 1.82. The Hall–Kier alpha value is -3.26. The standard InChI is InChI=1S/C22H22N2O5S/c1-12-7-13(2)9-16(8-12)23-22-24-20(25)19(30-22)11-15-5-6-17(18(10-15)28-4)29-14(3)21(26)27/h5-11,14H,1-4H3,(H,26,27)(H,23,24,25)/b19-11+/t14-/m1/s1. The van der Waals surface area contributed by atoms with Gasteiger partial charge in [0.05, 0.1) is 17.7 Å². The van der Waals surface area contributed by atoms with E-state index >= 15 is 0 Å². The van der Waals surface area contributed by atoms with Crippen molar-refractivity contribution in [2.24, 2.45) is 4.99 Å². The van der Waals surface area contributed by atoms with E-state index in [1.54, 1.807) is 24.3 Å². The largest absolute Gasteiger partial charge is 0.493 e. The minimum Gasteiger partial charge on any atom is -0.493 e. The molecule has 1 aliphatic heterocycles. The number of hydrogen-bond donors (Lipinski definition) is 2. The predicted octanol–water partition coefficient (Wildman–Crippen LogP) is 4.06. The van der Waals surface area contributed by atoms with Crippen molar-refractivity contribution in [1.29, 1.82) is 0 Å². The monoisotopic (exact) mass is 426 g/mol. The lowest BCUT2D eigenvalue weighted by Gasteiger charge is -2.14. The molecule has 1 aliphatic rings. The Morgan fingerprint density at radius 1 is 1.17 bits per heavy atom. The number of carboxylic acid groups (broad SMARTS) is 1. The van der Waals surface area contributed by atoms with Gasteiger partial charge in [-0.3, -0.25) is 4.79 Å². The summed E-state index contributed by atoms with van der Waals surface area (Å²) in [5, 5.41) is 12.3. The van der Waals surface area contributed by atoms with Crippen LogP contribution in [0.15, 0.2) is 46.3 Å². The van der Waals surface area contributed by atoms with Gasteiger partial charge in [0, 0.05) is 0 Å². The van der Waals surface area contributed by atoms with E-state index in [0.717, 1.165) is 16.8 Å². The second-order valence-corrected chi connectivity index (χ2v) is 7.87. The van der Waals surface area contributed by atoms with Crippen LogP contribution in [-0.2, 0) is 9.59 Å². The topological polar surface area (TPSA) is 97.2 Å². The minimum atomic E-state index is -1.07. The third kappa shape index (κ3) is 5.21. The minimum absolute atomic E-state index is 0.234. The molecule has 2 N–H and O–H groups in total. The Kier molecular flexibility index (Phi) is 6.47. The number of nitrogens with zero attached hydrogens (tertiary/aromatic N) is 1. The summed E-state index contributed by atoms with van der Waals surface area (Å²) in [5.74, 6) is -0.611. The Labute approximate surface area is 178 Å². The third-order valence-corrected chi connectivity index (χ3v) is 5.13. The zero-order valence-corrected chi connectivity index (χ0v) is 17.9. The molecule has 156 valence electrons. The van der Waals surface area contributed by atoms with Crippen LogP contribution in [0.3, 0.4) is 0 Å². The molecule has 0 aromatic heterocycles. The molecule has 1 saturated heterocycles. The van der Waals surface area contributed by atoms with E-state index < -0.39 is 12.1 Å². The maximum atomic E-state index is 12.4. The summed E-state index contributed by atoms with van der Waals surface area (Å²) in [6.07, 6.45) is 0.708. The van der Waals surface area contributed by atoms with Gasteiger partial charge in [-0.15, -0.1) is 0 Å². The van der Waals surface area contributed by atoms with Crippen molar-refractivity contribution in [3.8, 4) is 11.5 Å². The van der Waals surface area contributed by atoms with Gasteiger partial charge >= 0.3 is 5.97 Å². The van der Waals surface area contributed by atoms with Gasteiger partial charge in [-0.2, -0.15) is 0 Å². The quantitative estimate of drug-likeness (QED) is 0.676. The van der Waals surface area contributed by atoms with Crippen LogP contribution >= 0.6 is 11.8 Å². The molecule has 0 aliphatic carbocycles. The maximum Gasteiger partial charge on any atom is 0.344 e. The number of aliphatic imine (C=N–C) groups is 1. The highest BCUT2D eigenvalue weighted by molar-refractivity contribution is 8.18. The molecule has 3 rings (SSSR count). The van der Waals surface area contributed by atoms with Crippen LogP contribution in [0.4, 0.5) is 5.69 Å². The zero-order chi connectivity index (χ0) is 21.8. The molecule has 2 aromatic rings. The summed E-state index contributed by atoms with van der Waals surface area (Å²) >= 11 is 1.25. The summed E-state index contributed by atoms with van der Waals surface area (Å²) in [6, 6.07) is 11.0. The van der Waals surface area contributed by atoms with Crippen LogP contribution in [0.5, 0.6) is 11.5 Å². The van der Waals surface area contributed by atoms with E-state index in [9.17, 15) is 9.59 Å². The second-order valence-electron chi connectivity index (χ2n) is 6.84. The Morgan fingerprint density at radius 3 is 2.50 bits per heavy atom. The average molecular weight is 426 g/mol. The summed E-state index contributed by atoms with van der Waals surface area (Å²) in [5.41, 5.74) is 3.71. The van der Waals surface area contributed by atoms with Crippen LogP contribution in [0.25, 0.3) is 6.08 Å². The molecular formula is C22H22N2O5S. The fourth-order valence-corrected chi connectivity index (χ4v) is 3.72. The number of amidine groups is 1. The third-order valence-electron chi connectivity index (χ3n) is 4.22. The van der Waals surface area contributed by atoms with Gasteiger partial charge in [-0.25, -0.2) is 9.79 Å². The van der Waals surface area contributed by atoms with Crippen molar-refractivity contribution < 1.29 is 24.2 Å². The molecule has 0 radical (unpaired) electrons. The zero-order valence-electron chi connectivity index (χ0n) is 17.1. The van der Waals surface area contributed by atoms with Crippen molar-refractivity contribution in [3.05, 3.63) is 58.0 Å². The van der Waals surface area contributed by atoms with Crippen LogP contribution in [-0.4, -0.2) is 35.4 Å². The van der Waals surface area contributed by atoms with E-state index in [-0.39, 0.29) is 5.91 Å². The van der Waals surface area contributed by atoms with Crippen LogP contribution < -0.4 is 14.8 Å². The number of amides is 1. The average Bonchev–Trinajstić information content (AvgIpc) is 3.00. The number of benzene rings is 2. The van der Waals surface area contributed by atoms with E-state index in [2.05, 4.69) is 16.4 Å². The SMILES string of the molecule is COc1cc(/C=C2/SC(=Nc3cc(C)cc(C)c3)NC2=O)ccc1O[C@H](C)C(=O)O. The number of methoxy groups -OCH3 is 1. The van der Waals surface area contributed by atoms with E-state index in [0.29, 0.717) is 27.1 Å². The van der Waals surface area contributed by atoms with Crippen molar-refractivity contribution >= 4 is 40.6 Å². The summed E-state index contributed by atoms with van der Waals surface area (Å²) in [7, 11) is 1.47. The molecule has 0 unspecified atom stereocenters. The number of carbonyl (C=O) groups excluding carboxylic acids is 1. The fourth-order valence-electron chi connectivity index (χ4n) is 2.88. The molecule has 7 nitrogen and oxygen atoms in total. The van der Waals surface area contributed by atoms with Gasteiger partial charge in [0.2, 0.25) is 0 Å². The number of ether oxygens (including phenoxy) is 2. The van der Waals surface area contributed by atoms with E-state index in [4.69, 9.17) is 14.6 Å². The molecule has 8 heteroatoms. The fraction of sp³-hybridized carbons (Fsp3) is 0.227. The van der Waals surface area contributed by atoms with Gasteiger partial charge in [-0.1, -0.05) is 12.1 Å². The van der Waals surface area contributed by atoms with Gasteiger partial charge in [0.15, 0.2) is 22.8 Å². The number of rotatable bonds is 6. The second kappa shape index (κ2) is 9.04. The van der Waals surface area contributed by atoms with Gasteiger partial charge in [-0.05, 0) is 79.6 Å². The lowest BCUT2D eigenvalue weighted by Crippen LogP contribution is -2.23. The van der Waals surface area contributed by atoms with E-state index in [1.165, 1.54) is 25.8 Å². The number of carbonyl (C=O) groups is 2. The molecule has 0 bridgehead atoms. The lowest BCUT2D eigenvalue weighted by molar-refractivity contribution is -0.144. The smallest absolute Gasteiger partial charge is 0.344 e. The predicted molar refractivity (Wildman–Crippen MR) is 117 cm³/mol. The van der Waals surface area contributed by atoms with Crippen molar-refractivity contribution in [1.82, 2.24) is 5.32 Å². The lowest BCUT2D eigenvalue weighted by atomic mass is 10.1. The first kappa shape index (κ1) is 21.4. The molecule has 0 saturated carbocycles. The van der Waals surface area contributed by atoms with Gasteiger partial charge < -0.3 is 19.9 Å². The number of aryl methyl sites for hydroxylation is 2. The maximum absolute atomic E-state index is 12.4. The first-order valence-corrected chi connectivity index (χ1v) is 10.0. The molecule has 1 fully saturated rings. The molecule has 30 heavy (non-hydrogen) atoms. The van der Waals surface area contributed by atoms with Crippen LogP contribution in [0.2, 0.25) is 0 Å². The Bertz CT molecular complexity index is 1040. The number of hydrogen-bond acceptors (Lipinski definition) is 6. The molecular weight excluding hydrogens is 404 g/mol. The highest BCUT2D eigenvalue weighted by Gasteiger charge is 2.24. The Morgan fingerprint density at radius 2 is 1.87 bits per heavy atom. The first-order valence-electron chi connectivity index (χ1n) is 9.20. The first-order chi connectivity index (χ1) is 14.2. The molecule has 1 atom stereocenters. The molecule has 1 heterocycles. The van der Waals surface area contributed by atoms with Gasteiger partial charge in [0.1, 0.15) is 0 Å². The summed E-state index contributed by atoms with van der Waals surface area (Å²) < 4.78 is 10.7. The van der Waals surface area contributed by atoms with Crippen LogP contribution in [0.1, 0.15) is 23.6 Å². The van der Waals surface area contributed by atoms with Crippen LogP contribution in [0, 0.1) is 13.8 Å². The number of aliphatic carboxylic acids is 1. The summed E-state index contributed by atoms with van der Waals surface area (Å²) in [4.78, 5) is 28.4. The normalized spacial score (nSPS) is 17.1. The van der Waals surface area contributed by atoms with E-state index in [1.807, 2.05) is 26.0 Å². The van der Waals surface area contributed by atoms with Gasteiger partial charge in [0.25, 0.3) is 5.91 Å². The summed E-state index contributed by atoms with van der Waals surface area (Å²) in [6.45, 7) is 5.44. The highest BCUT2D eigenvalue weighted by atomic mass is 32.2. The van der Waals surface area contributed by atoms with Crippen molar-refractivity contribution in [3.63, 3.8) is 0 Å². The molecule has 1 amide bonds. The van der Waals surface area contributed by atoms with Crippen molar-refractivity contribution in [2.45, 2.75) is 26.9 Å². The molecule has 0 spiro atoms. The van der Waals surface area contributed by atoms with Crippen molar-refractivity contribution in [2.75, 3.05) is 7.11 Å². The highest BCUT2D eigenvalue weighted by Crippen LogP contribution is 2.33. The number of carboxylic acids is 1. The number of nitrogens with one attached hydrogen (secondary N) is 1.